The fourth-order valence-electron chi connectivity index (χ4n) is 1.58. The van der Waals surface area contributed by atoms with Crippen molar-refractivity contribution in [3.05, 3.63) is 23.8 Å². The van der Waals surface area contributed by atoms with Crippen LogP contribution in [0.5, 0.6) is 5.75 Å². The molecule has 0 saturated carbocycles. The van der Waals surface area contributed by atoms with Gasteiger partial charge in [0.1, 0.15) is 11.7 Å². The fourth-order valence-corrected chi connectivity index (χ4v) is 2.31. The molecule has 2 nitrogen and oxygen atoms in total. The Balaban J connectivity index is 2.21. The highest BCUT2D eigenvalue weighted by molar-refractivity contribution is 7.99. The van der Waals surface area contributed by atoms with E-state index in [1.165, 1.54) is 10.5 Å². The molecule has 1 heterocycles. The summed E-state index contributed by atoms with van der Waals surface area (Å²) in [6, 6.07) is 6.35. The van der Waals surface area contributed by atoms with Crippen LogP contribution in [-0.4, -0.2) is 11.5 Å². The number of fused-ring (bicyclic) bond motifs is 1. The highest BCUT2D eigenvalue weighted by atomic mass is 32.2. The van der Waals surface area contributed by atoms with Crippen LogP contribution in [0, 0.1) is 0 Å². The van der Waals surface area contributed by atoms with Gasteiger partial charge in [0.15, 0.2) is 0 Å². The second-order valence-electron chi connectivity index (χ2n) is 4.35. The van der Waals surface area contributed by atoms with E-state index in [1.807, 2.05) is 13.8 Å². The van der Waals surface area contributed by atoms with E-state index in [9.17, 15) is 0 Å². The van der Waals surface area contributed by atoms with Crippen molar-refractivity contribution >= 4 is 11.8 Å². The van der Waals surface area contributed by atoms with E-state index in [1.54, 1.807) is 11.8 Å². The maximum atomic E-state index is 5.97. The van der Waals surface area contributed by atoms with E-state index in [2.05, 4.69) is 18.2 Å². The lowest BCUT2D eigenvalue weighted by atomic mass is 9.96. The SMILES string of the molecule is CC(C)(N)Cc1ccc2c(c1)OCS2. The number of hydrogen-bond donors (Lipinski definition) is 1. The number of thioether (sulfide) groups is 1. The summed E-state index contributed by atoms with van der Waals surface area (Å²) in [5.74, 6) is 1.75. The second-order valence-corrected chi connectivity index (χ2v) is 5.32. The van der Waals surface area contributed by atoms with Crippen LogP contribution in [0.15, 0.2) is 23.1 Å². The van der Waals surface area contributed by atoms with E-state index in [0.717, 1.165) is 18.1 Å². The van der Waals surface area contributed by atoms with Crippen molar-refractivity contribution in [2.45, 2.75) is 30.7 Å². The molecule has 76 valence electrons. The summed E-state index contributed by atoms with van der Waals surface area (Å²) in [6.07, 6.45) is 0.883. The Morgan fingerprint density at radius 2 is 2.29 bits per heavy atom. The van der Waals surface area contributed by atoms with Gasteiger partial charge in [-0.05, 0) is 38.0 Å². The Hall–Kier alpha value is -0.670. The van der Waals surface area contributed by atoms with Gasteiger partial charge in [-0.2, -0.15) is 0 Å². The van der Waals surface area contributed by atoms with E-state index in [-0.39, 0.29) is 5.54 Å². The van der Waals surface area contributed by atoms with Crippen LogP contribution in [-0.2, 0) is 6.42 Å². The highest BCUT2D eigenvalue weighted by Gasteiger charge is 2.16. The first-order chi connectivity index (χ1) is 6.54. The molecule has 2 N–H and O–H groups in total. The average molecular weight is 209 g/mol. The van der Waals surface area contributed by atoms with Gasteiger partial charge in [-0.1, -0.05) is 17.8 Å². The molecular weight excluding hydrogens is 194 g/mol. The van der Waals surface area contributed by atoms with E-state index in [4.69, 9.17) is 10.5 Å². The van der Waals surface area contributed by atoms with E-state index < -0.39 is 0 Å². The lowest BCUT2D eigenvalue weighted by molar-refractivity contribution is 0.396. The smallest absolute Gasteiger partial charge is 0.138 e. The van der Waals surface area contributed by atoms with Crippen molar-refractivity contribution in [3.8, 4) is 5.75 Å². The van der Waals surface area contributed by atoms with Crippen molar-refractivity contribution in [3.63, 3.8) is 0 Å². The lowest BCUT2D eigenvalue weighted by Gasteiger charge is -2.18. The molecule has 0 saturated heterocycles. The minimum absolute atomic E-state index is 0.153. The van der Waals surface area contributed by atoms with Crippen LogP contribution < -0.4 is 10.5 Å². The normalized spacial score (nSPS) is 15.1. The number of hydrogen-bond acceptors (Lipinski definition) is 3. The molecule has 0 spiro atoms. The molecule has 0 fully saturated rings. The summed E-state index contributed by atoms with van der Waals surface area (Å²) < 4.78 is 5.48. The summed E-state index contributed by atoms with van der Waals surface area (Å²) >= 11 is 1.74. The Morgan fingerprint density at radius 3 is 3.00 bits per heavy atom. The van der Waals surface area contributed by atoms with Crippen LogP contribution in [0.4, 0.5) is 0 Å². The standard InChI is InChI=1S/C11H15NOS/c1-11(2,12)6-8-3-4-10-9(5-8)13-7-14-10/h3-5H,6-7,12H2,1-2H3. The number of ether oxygens (including phenoxy) is 1. The summed E-state index contributed by atoms with van der Waals surface area (Å²) in [6.45, 7) is 4.08. The van der Waals surface area contributed by atoms with Gasteiger partial charge in [0.2, 0.25) is 0 Å². The zero-order valence-electron chi connectivity index (χ0n) is 8.54. The van der Waals surface area contributed by atoms with Crippen LogP contribution in [0.25, 0.3) is 0 Å². The number of benzene rings is 1. The predicted molar refractivity (Wildman–Crippen MR) is 59.8 cm³/mol. The molecule has 1 aromatic carbocycles. The Kier molecular flexibility index (Phi) is 2.45. The van der Waals surface area contributed by atoms with Crippen LogP contribution in [0.1, 0.15) is 19.4 Å². The Labute approximate surface area is 88.8 Å². The molecule has 0 amide bonds. The lowest BCUT2D eigenvalue weighted by Crippen LogP contribution is -2.34. The van der Waals surface area contributed by atoms with Gasteiger partial charge in [-0.3, -0.25) is 0 Å². The first-order valence-corrected chi connectivity index (χ1v) is 5.71. The molecule has 1 aromatic rings. The van der Waals surface area contributed by atoms with Gasteiger partial charge in [0.05, 0.1) is 4.90 Å². The molecule has 2 rings (SSSR count). The zero-order valence-corrected chi connectivity index (χ0v) is 9.36. The minimum Gasteiger partial charge on any atom is -0.481 e. The average Bonchev–Trinajstić information content (AvgIpc) is 2.47. The summed E-state index contributed by atoms with van der Waals surface area (Å²) in [7, 11) is 0. The molecule has 14 heavy (non-hydrogen) atoms. The van der Waals surface area contributed by atoms with E-state index >= 15 is 0 Å². The first kappa shape index (κ1) is 9.87. The van der Waals surface area contributed by atoms with Crippen molar-refractivity contribution in [1.29, 1.82) is 0 Å². The van der Waals surface area contributed by atoms with Gasteiger partial charge in [-0.25, -0.2) is 0 Å². The quantitative estimate of drug-likeness (QED) is 0.812. The van der Waals surface area contributed by atoms with Crippen molar-refractivity contribution < 1.29 is 4.74 Å². The third kappa shape index (κ3) is 2.22. The van der Waals surface area contributed by atoms with Crippen LogP contribution >= 0.6 is 11.8 Å². The summed E-state index contributed by atoms with van der Waals surface area (Å²) in [4.78, 5) is 1.24. The summed E-state index contributed by atoms with van der Waals surface area (Å²) in [5.41, 5.74) is 7.06. The molecule has 3 heteroatoms. The molecular formula is C11H15NOS. The first-order valence-electron chi connectivity index (χ1n) is 4.72. The summed E-state index contributed by atoms with van der Waals surface area (Å²) in [5, 5.41) is 0. The van der Waals surface area contributed by atoms with Gasteiger partial charge >= 0.3 is 0 Å². The van der Waals surface area contributed by atoms with Crippen molar-refractivity contribution in [1.82, 2.24) is 0 Å². The topological polar surface area (TPSA) is 35.2 Å². The monoisotopic (exact) mass is 209 g/mol. The maximum Gasteiger partial charge on any atom is 0.138 e. The van der Waals surface area contributed by atoms with Crippen LogP contribution in [0.2, 0.25) is 0 Å². The minimum atomic E-state index is -0.153. The van der Waals surface area contributed by atoms with Gasteiger partial charge in [0, 0.05) is 5.54 Å². The van der Waals surface area contributed by atoms with Crippen LogP contribution in [0.3, 0.4) is 0 Å². The molecule has 0 unspecified atom stereocenters. The molecule has 0 aromatic heterocycles. The Morgan fingerprint density at radius 1 is 1.50 bits per heavy atom. The number of rotatable bonds is 2. The zero-order chi connectivity index (χ0) is 10.2. The predicted octanol–water partition coefficient (Wildman–Crippen LogP) is 2.41. The van der Waals surface area contributed by atoms with Crippen molar-refractivity contribution in [2.24, 2.45) is 5.73 Å². The number of nitrogens with two attached hydrogens (primary N) is 1. The Bertz CT molecular complexity index is 344. The van der Waals surface area contributed by atoms with E-state index in [0.29, 0.717) is 0 Å². The molecule has 0 aliphatic carbocycles. The molecule has 0 atom stereocenters. The third-order valence-corrected chi connectivity index (χ3v) is 2.98. The second kappa shape index (κ2) is 3.48. The third-order valence-electron chi connectivity index (χ3n) is 2.10. The van der Waals surface area contributed by atoms with Gasteiger partial charge in [0.25, 0.3) is 0 Å². The molecule has 1 aliphatic rings. The maximum absolute atomic E-state index is 5.97. The molecule has 1 aliphatic heterocycles. The van der Waals surface area contributed by atoms with Crippen molar-refractivity contribution in [2.75, 3.05) is 5.94 Å². The van der Waals surface area contributed by atoms with Gasteiger partial charge < -0.3 is 10.5 Å². The molecule has 0 bridgehead atoms. The fraction of sp³-hybridized carbons (Fsp3) is 0.455. The largest absolute Gasteiger partial charge is 0.481 e. The van der Waals surface area contributed by atoms with Gasteiger partial charge in [-0.15, -0.1) is 0 Å². The molecule has 0 radical (unpaired) electrons. The highest BCUT2D eigenvalue weighted by Crippen LogP contribution is 2.36.